The van der Waals surface area contributed by atoms with Crippen molar-refractivity contribution in [1.82, 2.24) is 9.88 Å². The van der Waals surface area contributed by atoms with E-state index in [2.05, 4.69) is 15.2 Å². The minimum atomic E-state index is 0.617. The monoisotopic (exact) mass is 407 g/mol. The Balaban J connectivity index is 1.82. The maximum absolute atomic E-state index is 5.76. The summed E-state index contributed by atoms with van der Waals surface area (Å²) in [5.41, 5.74) is 4.19. The average molecular weight is 408 g/mol. The first-order valence-corrected chi connectivity index (χ1v) is 9.72. The van der Waals surface area contributed by atoms with Gasteiger partial charge < -0.3 is 19.7 Å². The standard InChI is InChI=1S/C23H25N3O2S/c1-17-6-11-21(22(13-17)28-3)25-23(29)26(16-19-5-4-12-24-14-19)15-18-7-9-20(27-2)10-8-18/h4-14H,15-16H2,1-3H3,(H,25,29). The number of ether oxygens (including phenoxy) is 2. The third-order valence-corrected chi connectivity index (χ3v) is 4.87. The largest absolute Gasteiger partial charge is 0.497 e. The quantitative estimate of drug-likeness (QED) is 0.568. The molecule has 1 aromatic heterocycles. The number of pyridine rings is 1. The van der Waals surface area contributed by atoms with E-state index in [1.165, 1.54) is 0 Å². The number of aryl methyl sites for hydroxylation is 1. The number of hydrogen-bond donors (Lipinski definition) is 1. The van der Waals surface area contributed by atoms with Gasteiger partial charge in [-0.1, -0.05) is 24.3 Å². The number of benzene rings is 2. The molecule has 2 aromatic carbocycles. The van der Waals surface area contributed by atoms with Crippen molar-refractivity contribution in [2.75, 3.05) is 19.5 Å². The first kappa shape index (κ1) is 20.6. The van der Waals surface area contributed by atoms with Crippen LogP contribution in [0.1, 0.15) is 16.7 Å². The van der Waals surface area contributed by atoms with Gasteiger partial charge in [0.1, 0.15) is 11.5 Å². The van der Waals surface area contributed by atoms with Crippen LogP contribution >= 0.6 is 12.2 Å². The Morgan fingerprint density at radius 3 is 2.41 bits per heavy atom. The SMILES string of the molecule is COc1ccc(CN(Cc2cccnc2)C(=S)Nc2ccc(C)cc2OC)cc1. The third kappa shape index (κ3) is 5.68. The molecule has 0 aliphatic carbocycles. The maximum Gasteiger partial charge on any atom is 0.174 e. The summed E-state index contributed by atoms with van der Waals surface area (Å²) in [5.74, 6) is 1.59. The number of hydrogen-bond acceptors (Lipinski definition) is 4. The van der Waals surface area contributed by atoms with E-state index in [1.807, 2.05) is 67.7 Å². The second-order valence-corrected chi connectivity index (χ2v) is 7.09. The van der Waals surface area contributed by atoms with Crippen molar-refractivity contribution in [2.45, 2.75) is 20.0 Å². The number of aromatic nitrogens is 1. The van der Waals surface area contributed by atoms with Gasteiger partial charge in [-0.15, -0.1) is 0 Å². The van der Waals surface area contributed by atoms with Crippen molar-refractivity contribution in [1.29, 1.82) is 0 Å². The van der Waals surface area contributed by atoms with Gasteiger partial charge in [-0.05, 0) is 66.2 Å². The maximum atomic E-state index is 5.76. The van der Waals surface area contributed by atoms with Crippen LogP contribution in [0.25, 0.3) is 0 Å². The number of nitrogens with one attached hydrogen (secondary N) is 1. The van der Waals surface area contributed by atoms with E-state index in [-0.39, 0.29) is 0 Å². The third-order valence-electron chi connectivity index (χ3n) is 4.51. The lowest BCUT2D eigenvalue weighted by atomic mass is 10.2. The van der Waals surface area contributed by atoms with Crippen LogP contribution in [-0.2, 0) is 13.1 Å². The molecule has 1 N–H and O–H groups in total. The van der Waals surface area contributed by atoms with E-state index >= 15 is 0 Å². The Bertz CT molecular complexity index is 946. The molecule has 0 aliphatic rings. The normalized spacial score (nSPS) is 10.3. The summed E-state index contributed by atoms with van der Waals surface area (Å²) >= 11 is 5.76. The summed E-state index contributed by atoms with van der Waals surface area (Å²) in [5, 5.41) is 3.96. The lowest BCUT2D eigenvalue weighted by Gasteiger charge is -2.27. The van der Waals surface area contributed by atoms with Crippen molar-refractivity contribution in [2.24, 2.45) is 0 Å². The van der Waals surface area contributed by atoms with E-state index in [9.17, 15) is 0 Å². The highest BCUT2D eigenvalue weighted by molar-refractivity contribution is 7.80. The summed E-state index contributed by atoms with van der Waals surface area (Å²) in [7, 11) is 3.32. The summed E-state index contributed by atoms with van der Waals surface area (Å²) < 4.78 is 10.8. The number of methoxy groups -OCH3 is 2. The van der Waals surface area contributed by atoms with Crippen molar-refractivity contribution in [3.8, 4) is 11.5 Å². The number of thiocarbonyl (C=S) groups is 1. The molecule has 0 fully saturated rings. The van der Waals surface area contributed by atoms with Crippen LogP contribution in [0.3, 0.4) is 0 Å². The molecule has 0 aliphatic heterocycles. The smallest absolute Gasteiger partial charge is 0.174 e. The zero-order chi connectivity index (χ0) is 20.6. The summed E-state index contributed by atoms with van der Waals surface area (Å²) in [6, 6.07) is 18.0. The van der Waals surface area contributed by atoms with Gasteiger partial charge in [-0.25, -0.2) is 0 Å². The first-order chi connectivity index (χ1) is 14.1. The fourth-order valence-electron chi connectivity index (χ4n) is 2.96. The van der Waals surface area contributed by atoms with Crippen LogP contribution in [0, 0.1) is 6.92 Å². The molecule has 0 amide bonds. The summed E-state index contributed by atoms with van der Waals surface area (Å²) in [4.78, 5) is 6.33. The van der Waals surface area contributed by atoms with Gasteiger partial charge in [0.2, 0.25) is 0 Å². The van der Waals surface area contributed by atoms with E-state index in [0.29, 0.717) is 18.2 Å². The van der Waals surface area contributed by atoms with Crippen molar-refractivity contribution < 1.29 is 9.47 Å². The molecule has 0 atom stereocenters. The molecular formula is C23H25N3O2S. The lowest BCUT2D eigenvalue weighted by Crippen LogP contribution is -2.34. The molecular weight excluding hydrogens is 382 g/mol. The second kappa shape index (κ2) is 9.89. The first-order valence-electron chi connectivity index (χ1n) is 9.31. The predicted molar refractivity (Wildman–Crippen MR) is 120 cm³/mol. The molecule has 29 heavy (non-hydrogen) atoms. The average Bonchev–Trinajstić information content (AvgIpc) is 2.75. The molecule has 3 aromatic rings. The van der Waals surface area contributed by atoms with Gasteiger partial charge >= 0.3 is 0 Å². The lowest BCUT2D eigenvalue weighted by molar-refractivity contribution is 0.405. The second-order valence-electron chi connectivity index (χ2n) is 6.70. The molecule has 3 rings (SSSR count). The van der Waals surface area contributed by atoms with Crippen molar-refractivity contribution in [3.63, 3.8) is 0 Å². The zero-order valence-corrected chi connectivity index (χ0v) is 17.7. The van der Waals surface area contributed by atoms with E-state index in [4.69, 9.17) is 21.7 Å². The Kier molecular flexibility index (Phi) is 7.03. The molecule has 6 heteroatoms. The Morgan fingerprint density at radius 1 is 1.00 bits per heavy atom. The van der Waals surface area contributed by atoms with Crippen LogP contribution in [0.4, 0.5) is 5.69 Å². The number of anilines is 1. The topological polar surface area (TPSA) is 46.6 Å². The Hall–Kier alpha value is -3.12. The number of rotatable bonds is 7. The van der Waals surface area contributed by atoms with Gasteiger partial charge in [-0.3, -0.25) is 4.98 Å². The van der Waals surface area contributed by atoms with Crippen LogP contribution < -0.4 is 14.8 Å². The van der Waals surface area contributed by atoms with Gasteiger partial charge in [0.25, 0.3) is 0 Å². The zero-order valence-electron chi connectivity index (χ0n) is 16.9. The fraction of sp³-hybridized carbons (Fsp3) is 0.217. The highest BCUT2D eigenvalue weighted by Crippen LogP contribution is 2.26. The molecule has 0 spiro atoms. The van der Waals surface area contributed by atoms with E-state index < -0.39 is 0 Å². The Morgan fingerprint density at radius 2 is 1.76 bits per heavy atom. The summed E-state index contributed by atoms with van der Waals surface area (Å²) in [6.45, 7) is 3.32. The fourth-order valence-corrected chi connectivity index (χ4v) is 3.20. The number of nitrogens with zero attached hydrogens (tertiary/aromatic N) is 2. The molecule has 1 heterocycles. The van der Waals surface area contributed by atoms with Crippen LogP contribution in [0.15, 0.2) is 67.0 Å². The minimum Gasteiger partial charge on any atom is -0.497 e. The Labute approximate surface area is 177 Å². The molecule has 0 saturated carbocycles. The molecule has 5 nitrogen and oxygen atoms in total. The highest BCUT2D eigenvalue weighted by atomic mass is 32.1. The highest BCUT2D eigenvalue weighted by Gasteiger charge is 2.14. The molecule has 0 saturated heterocycles. The van der Waals surface area contributed by atoms with E-state index in [0.717, 1.165) is 33.9 Å². The van der Waals surface area contributed by atoms with Gasteiger partial charge in [0, 0.05) is 25.5 Å². The van der Waals surface area contributed by atoms with Crippen LogP contribution in [0.2, 0.25) is 0 Å². The van der Waals surface area contributed by atoms with Gasteiger partial charge in [-0.2, -0.15) is 0 Å². The molecule has 0 bridgehead atoms. The minimum absolute atomic E-state index is 0.617. The van der Waals surface area contributed by atoms with Crippen LogP contribution in [0.5, 0.6) is 11.5 Å². The summed E-state index contributed by atoms with van der Waals surface area (Å²) in [6.07, 6.45) is 3.63. The van der Waals surface area contributed by atoms with Gasteiger partial charge in [0.15, 0.2) is 5.11 Å². The molecule has 0 radical (unpaired) electrons. The molecule has 0 unspecified atom stereocenters. The van der Waals surface area contributed by atoms with Crippen LogP contribution in [-0.4, -0.2) is 29.2 Å². The van der Waals surface area contributed by atoms with E-state index in [1.54, 1.807) is 20.4 Å². The molecule has 150 valence electrons. The van der Waals surface area contributed by atoms with Gasteiger partial charge in [0.05, 0.1) is 19.9 Å². The van der Waals surface area contributed by atoms with Crippen molar-refractivity contribution in [3.05, 3.63) is 83.7 Å². The predicted octanol–water partition coefficient (Wildman–Crippen LogP) is 4.81. The van der Waals surface area contributed by atoms with Crippen molar-refractivity contribution >= 4 is 23.0 Å².